The van der Waals surface area contributed by atoms with Crippen molar-refractivity contribution in [3.63, 3.8) is 0 Å². The van der Waals surface area contributed by atoms with E-state index in [2.05, 4.69) is 9.98 Å². The number of benzene rings is 2. The molecule has 1 aromatic heterocycles. The van der Waals surface area contributed by atoms with Crippen LogP contribution < -0.4 is 14.2 Å². The Bertz CT molecular complexity index is 1570. The molecule has 1 N–H and O–H groups in total. The summed E-state index contributed by atoms with van der Waals surface area (Å²) in [5.74, 6) is -2.91. The van der Waals surface area contributed by atoms with Gasteiger partial charge in [-0.2, -0.15) is 0 Å². The number of rotatable bonds is 7. The number of methoxy groups -OCH3 is 3. The number of dihydropyridines is 1. The molecule has 2 aromatic carbocycles. The Hall–Kier alpha value is -4.44. The molecule has 0 bridgehead atoms. The van der Waals surface area contributed by atoms with Gasteiger partial charge < -0.3 is 24.2 Å². The normalized spacial score (nSPS) is 18.8. The van der Waals surface area contributed by atoms with Crippen molar-refractivity contribution >= 4 is 29.1 Å². The molecule has 0 radical (unpaired) electrons. The molecule has 1 saturated heterocycles. The van der Waals surface area contributed by atoms with Crippen LogP contribution in [0.2, 0.25) is 5.02 Å². The molecule has 2 aliphatic heterocycles. The van der Waals surface area contributed by atoms with Crippen LogP contribution in [0, 0.1) is 5.82 Å². The van der Waals surface area contributed by atoms with E-state index in [4.69, 9.17) is 25.8 Å². The molecule has 0 spiro atoms. The molecule has 3 aromatic rings. The van der Waals surface area contributed by atoms with Gasteiger partial charge in [0.15, 0.2) is 0 Å². The number of pyridine rings is 1. The molecule has 0 saturated carbocycles. The van der Waals surface area contributed by atoms with Gasteiger partial charge in [-0.15, -0.1) is 0 Å². The average molecular weight is 580 g/mol. The second-order valence-corrected chi connectivity index (χ2v) is 10.00. The highest BCUT2D eigenvalue weighted by atomic mass is 35.5. The molecule has 3 heterocycles. The third kappa shape index (κ3) is 5.22. The van der Waals surface area contributed by atoms with Crippen LogP contribution in [0.1, 0.15) is 35.1 Å². The summed E-state index contributed by atoms with van der Waals surface area (Å²) in [5, 5.41) is 11.9. The monoisotopic (exact) mass is 579 g/mol. The fraction of sp³-hybridized carbons (Fsp3) is 0.267. The molecule has 0 aliphatic carbocycles. The molecule has 2 aliphatic rings. The van der Waals surface area contributed by atoms with Crippen LogP contribution in [0.3, 0.4) is 0 Å². The number of allylic oxidation sites excluding steroid dienone is 1. The molecular weight excluding hydrogens is 553 g/mol. The lowest BCUT2D eigenvalue weighted by Crippen LogP contribution is -2.37. The maximum absolute atomic E-state index is 14.5. The van der Waals surface area contributed by atoms with Gasteiger partial charge in [-0.1, -0.05) is 29.8 Å². The first kappa shape index (κ1) is 28.1. The number of aliphatic hydroxyl groups excluding tert-OH is 1. The number of halogens is 2. The van der Waals surface area contributed by atoms with Crippen molar-refractivity contribution in [1.29, 1.82) is 0 Å². The van der Waals surface area contributed by atoms with Gasteiger partial charge in [0.1, 0.15) is 34.4 Å². The standard InChI is InChI=1S/C30H27ClFN3O6/c1-39-19-7-4-6-16(12-19)27-24(23-21(40-2)8-5-9-22(23)41-3)28(36)25(29(37)34-27)30(38)35-11-10-17(15-35)26-20(32)13-18(31)14-33-26/h4-9,12-14,17,24,36H,10-11,15H2,1-3H3. The van der Waals surface area contributed by atoms with Crippen LogP contribution in [0.5, 0.6) is 17.2 Å². The first-order valence-corrected chi connectivity index (χ1v) is 13.2. The number of amides is 2. The van der Waals surface area contributed by atoms with Crippen molar-refractivity contribution in [2.45, 2.75) is 18.3 Å². The van der Waals surface area contributed by atoms with Crippen LogP contribution >= 0.6 is 11.6 Å². The number of aliphatic imine (C=N–C) groups is 1. The molecule has 1 fully saturated rings. The number of aliphatic hydroxyl groups is 1. The van der Waals surface area contributed by atoms with Crippen molar-refractivity contribution in [2.24, 2.45) is 4.99 Å². The van der Waals surface area contributed by atoms with Crippen molar-refractivity contribution < 1.29 is 33.3 Å². The summed E-state index contributed by atoms with van der Waals surface area (Å²) in [5.41, 5.74) is 0.797. The van der Waals surface area contributed by atoms with Gasteiger partial charge in [-0.25, -0.2) is 9.38 Å². The van der Waals surface area contributed by atoms with Gasteiger partial charge >= 0.3 is 0 Å². The Labute approximate surface area is 240 Å². The highest BCUT2D eigenvalue weighted by Gasteiger charge is 2.42. The zero-order valence-electron chi connectivity index (χ0n) is 22.6. The van der Waals surface area contributed by atoms with Crippen molar-refractivity contribution in [3.8, 4) is 17.2 Å². The molecule has 11 heteroatoms. The van der Waals surface area contributed by atoms with E-state index in [1.165, 1.54) is 38.5 Å². The lowest BCUT2D eigenvalue weighted by Gasteiger charge is -2.28. The minimum atomic E-state index is -1.08. The van der Waals surface area contributed by atoms with E-state index in [9.17, 15) is 19.1 Å². The van der Waals surface area contributed by atoms with Crippen molar-refractivity contribution in [2.75, 3.05) is 34.4 Å². The molecule has 2 amide bonds. The second kappa shape index (κ2) is 11.6. The second-order valence-electron chi connectivity index (χ2n) is 9.56. The lowest BCUT2D eigenvalue weighted by molar-refractivity contribution is -0.129. The minimum Gasteiger partial charge on any atom is -0.510 e. The lowest BCUT2D eigenvalue weighted by atomic mass is 9.83. The van der Waals surface area contributed by atoms with Crippen LogP contribution in [-0.4, -0.2) is 66.9 Å². The number of nitrogens with zero attached hydrogens (tertiary/aromatic N) is 3. The molecule has 9 nitrogen and oxygen atoms in total. The Morgan fingerprint density at radius 1 is 1.07 bits per heavy atom. The number of aromatic nitrogens is 1. The van der Waals surface area contributed by atoms with E-state index in [0.29, 0.717) is 34.8 Å². The van der Waals surface area contributed by atoms with Gasteiger partial charge in [-0.3, -0.25) is 14.6 Å². The Morgan fingerprint density at radius 2 is 1.78 bits per heavy atom. The molecule has 41 heavy (non-hydrogen) atoms. The minimum absolute atomic E-state index is 0.101. The summed E-state index contributed by atoms with van der Waals surface area (Å²) >= 11 is 5.84. The quantitative estimate of drug-likeness (QED) is 0.399. The predicted octanol–water partition coefficient (Wildman–Crippen LogP) is 4.84. The zero-order chi connectivity index (χ0) is 29.3. The molecule has 2 unspecified atom stereocenters. The molecular formula is C30H27ClFN3O6. The fourth-order valence-corrected chi connectivity index (χ4v) is 5.46. The van der Waals surface area contributed by atoms with E-state index >= 15 is 0 Å². The van der Waals surface area contributed by atoms with Crippen LogP contribution in [0.4, 0.5) is 4.39 Å². The predicted molar refractivity (Wildman–Crippen MR) is 150 cm³/mol. The first-order chi connectivity index (χ1) is 19.8. The number of hydrogen-bond donors (Lipinski definition) is 1. The number of hydrogen-bond acceptors (Lipinski definition) is 7. The highest BCUT2D eigenvalue weighted by Crippen LogP contribution is 2.44. The molecule has 5 rings (SSSR count). The maximum Gasteiger partial charge on any atom is 0.286 e. The van der Waals surface area contributed by atoms with E-state index < -0.39 is 40.8 Å². The van der Waals surface area contributed by atoms with E-state index in [1.54, 1.807) is 42.5 Å². The summed E-state index contributed by atoms with van der Waals surface area (Å²) in [7, 11) is 4.45. The number of carbonyl (C=O) groups excluding carboxylic acids is 2. The summed E-state index contributed by atoms with van der Waals surface area (Å²) in [6, 6.07) is 13.1. The third-order valence-electron chi connectivity index (χ3n) is 7.27. The van der Waals surface area contributed by atoms with Crippen LogP contribution in [0.25, 0.3) is 0 Å². The van der Waals surface area contributed by atoms with E-state index in [1.807, 2.05) is 0 Å². The maximum atomic E-state index is 14.5. The van der Waals surface area contributed by atoms with Gasteiger partial charge in [0.05, 0.1) is 49.2 Å². The van der Waals surface area contributed by atoms with E-state index in [0.717, 1.165) is 0 Å². The average Bonchev–Trinajstić information content (AvgIpc) is 3.46. The summed E-state index contributed by atoms with van der Waals surface area (Å²) in [6.45, 7) is 0.329. The highest BCUT2D eigenvalue weighted by molar-refractivity contribution is 6.30. The van der Waals surface area contributed by atoms with E-state index in [-0.39, 0.29) is 29.5 Å². The SMILES string of the molecule is COc1cccc(C2=NC(=O)C(C(=O)N3CCC(c4ncc(Cl)cc4F)C3)=C(O)C2c2c(OC)cccc2OC)c1. The summed E-state index contributed by atoms with van der Waals surface area (Å²) in [6.07, 6.45) is 1.77. The number of carbonyl (C=O) groups is 2. The summed E-state index contributed by atoms with van der Waals surface area (Å²) in [4.78, 5) is 37.0. The zero-order valence-corrected chi connectivity index (χ0v) is 23.3. The van der Waals surface area contributed by atoms with Crippen molar-refractivity contribution in [3.05, 3.63) is 93.7 Å². The largest absolute Gasteiger partial charge is 0.510 e. The van der Waals surface area contributed by atoms with Crippen LogP contribution in [0.15, 0.2) is 71.1 Å². The first-order valence-electron chi connectivity index (χ1n) is 12.8. The van der Waals surface area contributed by atoms with Gasteiger partial charge in [0.25, 0.3) is 11.8 Å². The smallest absolute Gasteiger partial charge is 0.286 e. The Balaban J connectivity index is 1.58. The Kier molecular flexibility index (Phi) is 7.94. The van der Waals surface area contributed by atoms with Crippen molar-refractivity contribution in [1.82, 2.24) is 9.88 Å². The molecule has 2 atom stereocenters. The third-order valence-corrected chi connectivity index (χ3v) is 7.48. The van der Waals surface area contributed by atoms with Gasteiger partial charge in [0.2, 0.25) is 0 Å². The topological polar surface area (TPSA) is 111 Å². The van der Waals surface area contributed by atoms with Gasteiger partial charge in [-0.05, 0) is 36.8 Å². The number of likely N-dealkylation sites (tertiary alicyclic amines) is 1. The molecule has 212 valence electrons. The van der Waals surface area contributed by atoms with Crippen LogP contribution in [-0.2, 0) is 9.59 Å². The van der Waals surface area contributed by atoms with Gasteiger partial charge in [0, 0.05) is 30.8 Å². The Morgan fingerprint density at radius 3 is 2.44 bits per heavy atom. The summed E-state index contributed by atoms with van der Waals surface area (Å²) < 4.78 is 31.1. The fourth-order valence-electron chi connectivity index (χ4n) is 5.32. The number of ether oxygens (including phenoxy) is 3.